The molecule has 0 bridgehead atoms. The van der Waals surface area contributed by atoms with E-state index in [0.29, 0.717) is 28.3 Å². The Hall–Kier alpha value is -3.16. The molecule has 0 amide bonds. The van der Waals surface area contributed by atoms with Crippen LogP contribution in [0.4, 0.5) is 5.69 Å². The van der Waals surface area contributed by atoms with Crippen molar-refractivity contribution < 1.29 is 4.74 Å². The Labute approximate surface area is 172 Å². The highest BCUT2D eigenvalue weighted by Crippen LogP contribution is 2.36. The van der Waals surface area contributed by atoms with Gasteiger partial charge in [-0.2, -0.15) is 10.5 Å². The molecule has 138 valence electrons. The average molecular weight is 434 g/mol. The molecule has 1 aliphatic heterocycles. The number of hydrogen-bond acceptors (Lipinski definition) is 4. The largest absolute Gasteiger partial charge is 0.628 e. The van der Waals surface area contributed by atoms with Gasteiger partial charge in [-0.3, -0.25) is 0 Å². The Balaban J connectivity index is 1.97. The van der Waals surface area contributed by atoms with Gasteiger partial charge in [0.1, 0.15) is 34.9 Å². The lowest BCUT2D eigenvalue weighted by molar-refractivity contribution is 0.439. The van der Waals surface area contributed by atoms with E-state index in [0.717, 1.165) is 10.0 Å². The third-order valence-electron chi connectivity index (χ3n) is 4.18. The highest BCUT2D eigenvalue weighted by atomic mass is 79.9. The van der Waals surface area contributed by atoms with Crippen LogP contribution < -0.4 is 9.38 Å². The molecular formula is C22H16BrN3O2. The fourth-order valence-corrected chi connectivity index (χ4v) is 3.65. The molecule has 3 rings (SSSR count). The summed E-state index contributed by atoms with van der Waals surface area (Å²) in [4.78, 5) is 0. The van der Waals surface area contributed by atoms with Crippen molar-refractivity contribution in [2.75, 3.05) is 14.1 Å². The van der Waals surface area contributed by atoms with Crippen molar-refractivity contribution in [2.24, 2.45) is 0 Å². The molecule has 1 aliphatic rings. The zero-order chi connectivity index (χ0) is 20.3. The molecule has 0 spiro atoms. The number of ether oxygens (including phenoxy) is 1. The van der Waals surface area contributed by atoms with E-state index in [9.17, 15) is 15.7 Å². The highest BCUT2D eigenvalue weighted by molar-refractivity contribution is 9.10. The Morgan fingerprint density at radius 2 is 1.82 bits per heavy atom. The molecule has 0 saturated heterocycles. The van der Waals surface area contributed by atoms with Crippen LogP contribution in [0.25, 0.3) is 11.6 Å². The predicted octanol–water partition coefficient (Wildman–Crippen LogP) is 5.30. The number of nitriles is 2. The maximum atomic E-state index is 12.1. The minimum Gasteiger partial charge on any atom is -0.628 e. The van der Waals surface area contributed by atoms with Gasteiger partial charge in [0.2, 0.25) is 0 Å². The van der Waals surface area contributed by atoms with Crippen molar-refractivity contribution in [1.29, 1.82) is 10.5 Å². The molecule has 2 aromatic rings. The summed E-state index contributed by atoms with van der Waals surface area (Å²) in [5.74, 6) is 1.10. The number of nitrogens with zero attached hydrogens (tertiary/aromatic N) is 3. The van der Waals surface area contributed by atoms with Crippen molar-refractivity contribution >= 4 is 33.3 Å². The van der Waals surface area contributed by atoms with Crippen LogP contribution in [0, 0.1) is 27.9 Å². The van der Waals surface area contributed by atoms with Crippen LogP contribution in [-0.2, 0) is 0 Å². The topological polar surface area (TPSA) is 79.9 Å². The van der Waals surface area contributed by atoms with Gasteiger partial charge in [0.15, 0.2) is 0 Å². The summed E-state index contributed by atoms with van der Waals surface area (Å²) in [6.07, 6.45) is 5.29. The van der Waals surface area contributed by atoms with Gasteiger partial charge >= 0.3 is 0 Å². The van der Waals surface area contributed by atoms with Crippen LogP contribution in [0.1, 0.15) is 11.1 Å². The fourth-order valence-electron chi connectivity index (χ4n) is 2.83. The molecular weight excluding hydrogens is 418 g/mol. The van der Waals surface area contributed by atoms with E-state index in [1.54, 1.807) is 38.4 Å². The highest BCUT2D eigenvalue weighted by Gasteiger charge is 2.18. The standard InChI is InChI=1S/C22H16BrN3O2/c1-26(2,27)21-10-8-15(11-20(21)23)7-9-17-12-19(16(13-24)14-25)18-5-3-4-6-22(18)28-17/h3-12H,1-2H3/b9-7+. The second kappa shape index (κ2) is 7.84. The number of rotatable bonds is 3. The van der Waals surface area contributed by atoms with Crippen molar-refractivity contribution in [3.63, 3.8) is 0 Å². The molecule has 0 aliphatic carbocycles. The molecule has 0 fully saturated rings. The first kappa shape index (κ1) is 19.6. The van der Waals surface area contributed by atoms with E-state index < -0.39 is 4.65 Å². The van der Waals surface area contributed by atoms with Crippen molar-refractivity contribution in [1.82, 2.24) is 4.65 Å². The van der Waals surface area contributed by atoms with E-state index >= 15 is 0 Å². The minimum atomic E-state index is -0.533. The normalized spacial score (nSPS) is 13.2. The monoisotopic (exact) mass is 433 g/mol. The molecule has 2 aromatic carbocycles. The molecule has 0 saturated carbocycles. The number of hydrogen-bond donors (Lipinski definition) is 0. The Kier molecular flexibility index (Phi) is 5.48. The first-order chi connectivity index (χ1) is 13.3. The molecule has 28 heavy (non-hydrogen) atoms. The number of halogens is 1. The van der Waals surface area contributed by atoms with Gasteiger partial charge in [0, 0.05) is 17.2 Å². The van der Waals surface area contributed by atoms with Crippen LogP contribution >= 0.6 is 15.9 Å². The molecule has 5 nitrogen and oxygen atoms in total. The summed E-state index contributed by atoms with van der Waals surface area (Å²) in [6.45, 7) is 0. The number of para-hydroxylation sites is 1. The zero-order valence-electron chi connectivity index (χ0n) is 15.3. The summed E-state index contributed by atoms with van der Waals surface area (Å²) >= 11 is 3.44. The second-order valence-corrected chi connectivity index (χ2v) is 7.41. The number of allylic oxidation sites excluding steroid dienone is 4. The number of fused-ring (bicyclic) bond motifs is 1. The van der Waals surface area contributed by atoms with Crippen LogP contribution in [0.5, 0.6) is 5.75 Å². The Morgan fingerprint density at radius 3 is 2.46 bits per heavy atom. The minimum absolute atomic E-state index is 0.0317. The number of benzene rings is 2. The summed E-state index contributed by atoms with van der Waals surface area (Å²) in [5.41, 5.74) is 2.77. The average Bonchev–Trinajstić information content (AvgIpc) is 2.66. The first-order valence-corrected chi connectivity index (χ1v) is 9.19. The summed E-state index contributed by atoms with van der Waals surface area (Å²) in [6, 6.07) is 16.6. The lowest BCUT2D eigenvalue weighted by atomic mass is 9.97. The zero-order valence-corrected chi connectivity index (χ0v) is 16.9. The van der Waals surface area contributed by atoms with Crippen molar-refractivity contribution in [3.8, 4) is 17.9 Å². The summed E-state index contributed by atoms with van der Waals surface area (Å²) in [5, 5.41) is 30.7. The van der Waals surface area contributed by atoms with Gasteiger partial charge in [-0.1, -0.05) is 24.3 Å². The van der Waals surface area contributed by atoms with E-state index in [2.05, 4.69) is 15.9 Å². The Morgan fingerprint density at radius 1 is 1.11 bits per heavy atom. The maximum Gasteiger partial charge on any atom is 0.146 e. The Bertz CT molecular complexity index is 1090. The molecule has 0 N–H and O–H groups in total. The molecule has 0 atom stereocenters. The van der Waals surface area contributed by atoms with Gasteiger partial charge in [0.05, 0.1) is 18.6 Å². The van der Waals surface area contributed by atoms with Crippen LogP contribution in [0.3, 0.4) is 0 Å². The maximum absolute atomic E-state index is 12.1. The summed E-state index contributed by atoms with van der Waals surface area (Å²) < 4.78 is 6.07. The first-order valence-electron chi connectivity index (χ1n) is 8.40. The quantitative estimate of drug-likeness (QED) is 0.373. The SMILES string of the molecule is C[N+](C)([O-])c1ccc(/C=C/C2=CC(=C(C#N)C#N)c3ccccc3O2)cc1Br. The van der Waals surface area contributed by atoms with E-state index in [1.807, 2.05) is 48.5 Å². The fraction of sp³-hybridized carbons (Fsp3) is 0.0909. The van der Waals surface area contributed by atoms with Gasteiger partial charge in [-0.05, 0) is 51.8 Å². The molecule has 1 heterocycles. The second-order valence-electron chi connectivity index (χ2n) is 6.55. The van der Waals surface area contributed by atoms with Crippen molar-refractivity contribution in [2.45, 2.75) is 0 Å². The van der Waals surface area contributed by atoms with Gasteiger partial charge < -0.3 is 14.6 Å². The van der Waals surface area contributed by atoms with Crippen molar-refractivity contribution in [3.05, 3.63) is 86.8 Å². The predicted molar refractivity (Wildman–Crippen MR) is 113 cm³/mol. The van der Waals surface area contributed by atoms with Gasteiger partial charge in [-0.15, -0.1) is 0 Å². The molecule has 0 radical (unpaired) electrons. The molecule has 6 heteroatoms. The van der Waals surface area contributed by atoms with E-state index in [4.69, 9.17) is 4.74 Å². The third kappa shape index (κ3) is 4.05. The van der Waals surface area contributed by atoms with E-state index in [1.165, 1.54) is 0 Å². The lowest BCUT2D eigenvalue weighted by Gasteiger charge is -2.33. The van der Waals surface area contributed by atoms with Crippen LogP contribution in [-0.4, -0.2) is 14.1 Å². The number of hydroxylamine groups is 2. The van der Waals surface area contributed by atoms with Gasteiger partial charge in [0.25, 0.3) is 0 Å². The van der Waals surface area contributed by atoms with Gasteiger partial charge in [-0.25, -0.2) is 0 Å². The number of quaternary nitrogens is 1. The van der Waals surface area contributed by atoms with Crippen LogP contribution in [0.2, 0.25) is 0 Å². The van der Waals surface area contributed by atoms with E-state index in [-0.39, 0.29) is 5.57 Å². The smallest absolute Gasteiger partial charge is 0.146 e. The third-order valence-corrected chi connectivity index (χ3v) is 4.81. The molecule has 0 aromatic heterocycles. The van der Waals surface area contributed by atoms with Crippen LogP contribution in [0.15, 0.2) is 70.4 Å². The summed E-state index contributed by atoms with van der Waals surface area (Å²) in [7, 11) is 3.12. The lowest BCUT2D eigenvalue weighted by Crippen LogP contribution is -2.32. The molecule has 0 unspecified atom stereocenters.